The SMILES string of the molecule is C1CCCCC1.O=C=NCC1(CN=C=O)CCC(CN=C=O)(CN=C=O)CC1. The van der Waals surface area contributed by atoms with E-state index in [9.17, 15) is 19.2 Å². The molecule has 0 atom stereocenters. The molecule has 0 heterocycles. The highest BCUT2D eigenvalue weighted by Gasteiger charge is 2.43. The third kappa shape index (κ3) is 8.47. The Hall–Kier alpha value is -2.48. The van der Waals surface area contributed by atoms with Crippen molar-refractivity contribution in [3.8, 4) is 0 Å². The van der Waals surface area contributed by atoms with Gasteiger partial charge in [0, 0.05) is 10.8 Å². The molecule has 152 valence electrons. The largest absolute Gasteiger partial charge is 0.234 e. The lowest BCUT2D eigenvalue weighted by atomic mass is 9.63. The normalized spacial score (nSPS) is 26.0. The van der Waals surface area contributed by atoms with E-state index in [1.54, 1.807) is 0 Å². The van der Waals surface area contributed by atoms with Crippen LogP contribution in [0.3, 0.4) is 0 Å². The van der Waals surface area contributed by atoms with Crippen LogP contribution in [0.2, 0.25) is 0 Å². The maximum absolute atomic E-state index is 10.4. The van der Waals surface area contributed by atoms with Crippen molar-refractivity contribution in [2.45, 2.75) is 64.2 Å². The molecule has 28 heavy (non-hydrogen) atoms. The van der Waals surface area contributed by atoms with Gasteiger partial charge in [-0.1, -0.05) is 38.5 Å². The first-order chi connectivity index (χ1) is 13.7. The molecule has 2 rings (SSSR count). The van der Waals surface area contributed by atoms with Gasteiger partial charge in [0.05, 0.1) is 26.2 Å². The van der Waals surface area contributed by atoms with Gasteiger partial charge in [0.2, 0.25) is 24.3 Å². The van der Waals surface area contributed by atoms with Gasteiger partial charge in [0.25, 0.3) is 0 Å². The summed E-state index contributed by atoms with van der Waals surface area (Å²) in [5.41, 5.74) is -0.817. The lowest BCUT2D eigenvalue weighted by Crippen LogP contribution is -2.41. The van der Waals surface area contributed by atoms with Gasteiger partial charge in [0.15, 0.2) is 0 Å². The van der Waals surface area contributed by atoms with Crippen LogP contribution in [0.1, 0.15) is 64.2 Å². The van der Waals surface area contributed by atoms with Crippen LogP contribution in [0.5, 0.6) is 0 Å². The van der Waals surface area contributed by atoms with E-state index in [0.717, 1.165) is 0 Å². The van der Waals surface area contributed by atoms with Gasteiger partial charge in [-0.2, -0.15) is 0 Å². The van der Waals surface area contributed by atoms with Gasteiger partial charge < -0.3 is 0 Å². The summed E-state index contributed by atoms with van der Waals surface area (Å²) in [5, 5.41) is 0. The lowest BCUT2D eigenvalue weighted by Gasteiger charge is -2.43. The van der Waals surface area contributed by atoms with Crippen LogP contribution in [0, 0.1) is 10.8 Å². The van der Waals surface area contributed by atoms with Crippen LogP contribution in [0.15, 0.2) is 20.0 Å². The topological polar surface area (TPSA) is 118 Å². The minimum Gasteiger partial charge on any atom is -0.211 e. The van der Waals surface area contributed by atoms with Crippen molar-refractivity contribution in [2.75, 3.05) is 26.2 Å². The van der Waals surface area contributed by atoms with Crippen LogP contribution in [0.25, 0.3) is 0 Å². The Balaban J connectivity index is 0.000000552. The Bertz CT molecular complexity index is 548. The van der Waals surface area contributed by atoms with Crippen LogP contribution in [-0.4, -0.2) is 50.5 Å². The molecule has 0 unspecified atom stereocenters. The average molecular weight is 388 g/mol. The van der Waals surface area contributed by atoms with Crippen molar-refractivity contribution in [1.29, 1.82) is 0 Å². The number of nitrogens with zero attached hydrogens (tertiary/aromatic N) is 4. The van der Waals surface area contributed by atoms with Crippen LogP contribution in [-0.2, 0) is 19.2 Å². The van der Waals surface area contributed by atoms with Crippen LogP contribution >= 0.6 is 0 Å². The van der Waals surface area contributed by atoms with Crippen molar-refractivity contribution in [3.05, 3.63) is 0 Å². The van der Waals surface area contributed by atoms with E-state index in [4.69, 9.17) is 0 Å². The number of hydrogen-bond acceptors (Lipinski definition) is 8. The maximum atomic E-state index is 10.4. The minimum atomic E-state index is -0.409. The van der Waals surface area contributed by atoms with Gasteiger partial charge in [-0.05, 0) is 25.7 Å². The van der Waals surface area contributed by atoms with E-state index in [0.29, 0.717) is 25.7 Å². The molecular formula is C20H28N4O4. The summed E-state index contributed by atoms with van der Waals surface area (Å²) >= 11 is 0. The minimum absolute atomic E-state index is 0.228. The molecule has 2 aliphatic rings. The van der Waals surface area contributed by atoms with E-state index >= 15 is 0 Å². The van der Waals surface area contributed by atoms with E-state index < -0.39 is 10.8 Å². The molecule has 0 aromatic carbocycles. The molecule has 8 heteroatoms. The fraction of sp³-hybridized carbons (Fsp3) is 0.800. The molecule has 2 aliphatic carbocycles. The molecule has 0 amide bonds. The second-order valence-electron chi connectivity index (χ2n) is 7.75. The van der Waals surface area contributed by atoms with Gasteiger partial charge in [0.1, 0.15) is 0 Å². The Labute approximate surface area is 165 Å². The molecule has 0 spiro atoms. The molecule has 2 saturated carbocycles. The van der Waals surface area contributed by atoms with E-state index in [1.165, 1.54) is 62.8 Å². The first-order valence-electron chi connectivity index (χ1n) is 9.80. The Kier molecular flexibility index (Phi) is 11.5. The summed E-state index contributed by atoms with van der Waals surface area (Å²) in [7, 11) is 0. The lowest BCUT2D eigenvalue weighted by molar-refractivity contribution is 0.101. The molecule has 0 aliphatic heterocycles. The number of rotatable bonds is 8. The van der Waals surface area contributed by atoms with Crippen LogP contribution < -0.4 is 0 Å². The van der Waals surface area contributed by atoms with Gasteiger partial charge in [-0.3, -0.25) is 0 Å². The monoisotopic (exact) mass is 388 g/mol. The van der Waals surface area contributed by atoms with Gasteiger partial charge in [-0.25, -0.2) is 39.1 Å². The molecule has 0 aromatic rings. The smallest absolute Gasteiger partial charge is 0.211 e. The van der Waals surface area contributed by atoms with Crippen molar-refractivity contribution >= 4 is 24.3 Å². The van der Waals surface area contributed by atoms with Crippen molar-refractivity contribution in [3.63, 3.8) is 0 Å². The summed E-state index contributed by atoms with van der Waals surface area (Å²) in [6.45, 7) is 0.911. The first kappa shape index (κ1) is 23.6. The highest BCUT2D eigenvalue weighted by molar-refractivity contribution is 5.35. The fourth-order valence-corrected chi connectivity index (χ4v) is 3.90. The van der Waals surface area contributed by atoms with Crippen molar-refractivity contribution in [1.82, 2.24) is 0 Å². The number of carbonyl (C=O) groups excluding carboxylic acids is 4. The zero-order valence-electron chi connectivity index (χ0n) is 16.3. The summed E-state index contributed by atoms with van der Waals surface area (Å²) in [6, 6.07) is 0. The van der Waals surface area contributed by atoms with Gasteiger partial charge in [-0.15, -0.1) is 0 Å². The molecule has 0 bridgehead atoms. The predicted octanol–water partition coefficient (Wildman–Crippen LogP) is 3.22. The highest BCUT2D eigenvalue weighted by Crippen LogP contribution is 2.46. The Morgan fingerprint density at radius 3 is 0.857 bits per heavy atom. The number of isocyanates is 4. The summed E-state index contributed by atoms with van der Waals surface area (Å²) in [6.07, 6.45) is 17.5. The molecule has 0 saturated heterocycles. The summed E-state index contributed by atoms with van der Waals surface area (Å²) in [4.78, 5) is 55.9. The predicted molar refractivity (Wildman–Crippen MR) is 103 cm³/mol. The standard InChI is InChI=1S/C14H16N4O4.C6H12/c19-9-15-5-13(6-16-10-20)1-2-14(4-3-13,7-17-11-21)8-18-12-22;1-2-4-6-5-3-1/h1-8H2;1-6H2. The third-order valence-electron chi connectivity index (χ3n) is 5.79. The van der Waals surface area contributed by atoms with E-state index in [1.807, 2.05) is 0 Å². The fourth-order valence-electron chi connectivity index (χ4n) is 3.90. The highest BCUT2D eigenvalue weighted by atomic mass is 16.1. The molecular weight excluding hydrogens is 360 g/mol. The zero-order valence-corrected chi connectivity index (χ0v) is 16.3. The molecule has 0 radical (unpaired) electrons. The van der Waals surface area contributed by atoms with Crippen LogP contribution in [0.4, 0.5) is 0 Å². The zero-order chi connectivity index (χ0) is 20.6. The number of hydrogen-bond donors (Lipinski definition) is 0. The molecule has 0 aromatic heterocycles. The summed E-state index contributed by atoms with van der Waals surface area (Å²) in [5.74, 6) is 0. The Morgan fingerprint density at radius 1 is 0.464 bits per heavy atom. The number of aliphatic imine (C=N–C) groups is 4. The second kappa shape index (κ2) is 13.7. The third-order valence-corrected chi connectivity index (χ3v) is 5.79. The van der Waals surface area contributed by atoms with E-state index in [2.05, 4.69) is 20.0 Å². The van der Waals surface area contributed by atoms with Gasteiger partial charge >= 0.3 is 0 Å². The van der Waals surface area contributed by atoms with Crippen molar-refractivity contribution in [2.24, 2.45) is 30.8 Å². The molecule has 8 nitrogen and oxygen atoms in total. The molecule has 0 N–H and O–H groups in total. The average Bonchev–Trinajstić information content (AvgIpc) is 2.77. The quantitative estimate of drug-likeness (QED) is 0.468. The molecule has 2 fully saturated rings. The van der Waals surface area contributed by atoms with E-state index in [-0.39, 0.29) is 26.2 Å². The Morgan fingerprint density at radius 2 is 0.679 bits per heavy atom. The maximum Gasteiger partial charge on any atom is 0.234 e. The van der Waals surface area contributed by atoms with Crippen molar-refractivity contribution < 1.29 is 19.2 Å². The first-order valence-corrected chi connectivity index (χ1v) is 9.80. The second-order valence-corrected chi connectivity index (χ2v) is 7.75. The summed E-state index contributed by atoms with van der Waals surface area (Å²) < 4.78 is 0.